The third-order valence-corrected chi connectivity index (χ3v) is 5.05. The highest BCUT2D eigenvalue weighted by molar-refractivity contribution is 7.92. The summed E-state index contributed by atoms with van der Waals surface area (Å²) < 4.78 is 23.9. The molecule has 94 valence electrons. The number of carboxylic acid groups (broad SMARTS) is 1. The van der Waals surface area contributed by atoms with Crippen molar-refractivity contribution >= 4 is 27.4 Å². The lowest BCUT2D eigenvalue weighted by Gasteiger charge is -2.11. The first-order valence-corrected chi connectivity index (χ1v) is 6.87. The molecule has 0 bridgehead atoms. The Bertz CT molecular complexity index is 561. The van der Waals surface area contributed by atoms with Crippen molar-refractivity contribution in [2.75, 3.05) is 0 Å². The molecule has 0 aromatic heterocycles. The van der Waals surface area contributed by atoms with Gasteiger partial charge in [0, 0.05) is 0 Å². The van der Waals surface area contributed by atoms with E-state index in [0.717, 1.165) is 6.07 Å². The van der Waals surface area contributed by atoms with Crippen LogP contribution < -0.4 is 0 Å². The van der Waals surface area contributed by atoms with Crippen molar-refractivity contribution < 1.29 is 18.3 Å². The SMILES string of the molecule is Cc1cc(Cl)c(S(=O)(=O)C(C)C)cc1C(=O)O. The number of aromatic carboxylic acids is 1. The zero-order valence-electron chi connectivity index (χ0n) is 9.69. The average molecular weight is 277 g/mol. The van der Waals surface area contributed by atoms with Crippen LogP contribution in [0.25, 0.3) is 0 Å². The second kappa shape index (κ2) is 4.66. The fourth-order valence-electron chi connectivity index (χ4n) is 1.36. The van der Waals surface area contributed by atoms with Crippen LogP contribution in [0.15, 0.2) is 17.0 Å². The van der Waals surface area contributed by atoms with E-state index in [2.05, 4.69) is 0 Å². The quantitative estimate of drug-likeness (QED) is 0.921. The Morgan fingerprint density at radius 1 is 1.35 bits per heavy atom. The Hall–Kier alpha value is -1.07. The number of benzene rings is 1. The van der Waals surface area contributed by atoms with E-state index < -0.39 is 21.1 Å². The van der Waals surface area contributed by atoms with Gasteiger partial charge < -0.3 is 5.11 Å². The summed E-state index contributed by atoms with van der Waals surface area (Å²) >= 11 is 5.86. The topological polar surface area (TPSA) is 71.4 Å². The maximum absolute atomic E-state index is 12.0. The lowest BCUT2D eigenvalue weighted by molar-refractivity contribution is 0.0696. The third kappa shape index (κ3) is 2.61. The number of aryl methyl sites for hydroxylation is 1. The summed E-state index contributed by atoms with van der Waals surface area (Å²) in [7, 11) is -3.58. The van der Waals surface area contributed by atoms with E-state index in [4.69, 9.17) is 16.7 Å². The lowest BCUT2D eigenvalue weighted by Crippen LogP contribution is -2.15. The molecule has 0 heterocycles. The Kier molecular flexibility index (Phi) is 3.84. The molecule has 1 aromatic rings. The van der Waals surface area contributed by atoms with Crippen LogP contribution in [-0.4, -0.2) is 24.7 Å². The van der Waals surface area contributed by atoms with Crippen LogP contribution in [0.1, 0.15) is 29.8 Å². The number of carboxylic acids is 1. The maximum Gasteiger partial charge on any atom is 0.335 e. The highest BCUT2D eigenvalue weighted by Crippen LogP contribution is 2.28. The summed E-state index contributed by atoms with van der Waals surface area (Å²) in [5.74, 6) is -1.17. The molecule has 0 aliphatic heterocycles. The van der Waals surface area contributed by atoms with Crippen LogP contribution >= 0.6 is 11.6 Å². The predicted molar refractivity (Wildman–Crippen MR) is 65.5 cm³/mol. The number of halogens is 1. The third-order valence-electron chi connectivity index (χ3n) is 2.44. The van der Waals surface area contributed by atoms with Gasteiger partial charge in [0.1, 0.15) is 0 Å². The maximum atomic E-state index is 12.0. The van der Waals surface area contributed by atoms with E-state index in [1.807, 2.05) is 0 Å². The van der Waals surface area contributed by atoms with Crippen LogP contribution in [0.4, 0.5) is 0 Å². The smallest absolute Gasteiger partial charge is 0.335 e. The summed E-state index contributed by atoms with van der Waals surface area (Å²) in [6, 6.07) is 2.48. The van der Waals surface area contributed by atoms with Crippen molar-refractivity contribution in [2.45, 2.75) is 30.9 Å². The molecule has 0 saturated carbocycles. The van der Waals surface area contributed by atoms with E-state index in [-0.39, 0.29) is 15.5 Å². The fourth-order valence-corrected chi connectivity index (χ4v) is 3.02. The van der Waals surface area contributed by atoms with E-state index in [9.17, 15) is 13.2 Å². The van der Waals surface area contributed by atoms with E-state index in [1.54, 1.807) is 6.92 Å². The van der Waals surface area contributed by atoms with Crippen LogP contribution in [0.5, 0.6) is 0 Å². The molecule has 1 rings (SSSR count). The summed E-state index contributed by atoms with van der Waals surface area (Å²) in [6.07, 6.45) is 0. The molecule has 17 heavy (non-hydrogen) atoms. The molecule has 0 atom stereocenters. The minimum absolute atomic E-state index is 0.0476. The van der Waals surface area contributed by atoms with Gasteiger partial charge in [-0.3, -0.25) is 0 Å². The number of sulfone groups is 1. The Morgan fingerprint density at radius 2 is 1.88 bits per heavy atom. The van der Waals surface area contributed by atoms with Crippen LogP contribution in [0.2, 0.25) is 5.02 Å². The molecule has 0 aliphatic carbocycles. The van der Waals surface area contributed by atoms with Gasteiger partial charge >= 0.3 is 5.97 Å². The molecule has 6 heteroatoms. The van der Waals surface area contributed by atoms with Gasteiger partial charge in [0.15, 0.2) is 9.84 Å². The van der Waals surface area contributed by atoms with Gasteiger partial charge in [-0.15, -0.1) is 0 Å². The van der Waals surface area contributed by atoms with Crippen molar-refractivity contribution in [3.63, 3.8) is 0 Å². The Balaban J connectivity index is 3.57. The normalized spacial score (nSPS) is 11.8. The molecule has 0 saturated heterocycles. The average Bonchev–Trinajstić information content (AvgIpc) is 2.15. The zero-order chi connectivity index (χ0) is 13.4. The van der Waals surface area contributed by atoms with Gasteiger partial charge in [0.05, 0.1) is 20.7 Å². The number of carbonyl (C=O) groups is 1. The van der Waals surface area contributed by atoms with E-state index in [1.165, 1.54) is 19.9 Å². The number of rotatable bonds is 3. The van der Waals surface area contributed by atoms with Crippen LogP contribution in [-0.2, 0) is 9.84 Å². The molecule has 0 fully saturated rings. The predicted octanol–water partition coefficient (Wildman–Crippen LogP) is 2.53. The first kappa shape index (κ1) is 14.0. The van der Waals surface area contributed by atoms with Crippen LogP contribution in [0.3, 0.4) is 0 Å². The number of hydrogen-bond acceptors (Lipinski definition) is 3. The summed E-state index contributed by atoms with van der Waals surface area (Å²) in [6.45, 7) is 4.61. The van der Waals surface area contributed by atoms with Crippen molar-refractivity contribution in [3.8, 4) is 0 Å². The van der Waals surface area contributed by atoms with Crippen molar-refractivity contribution in [2.24, 2.45) is 0 Å². The van der Waals surface area contributed by atoms with Crippen LogP contribution in [0, 0.1) is 6.92 Å². The zero-order valence-corrected chi connectivity index (χ0v) is 11.3. The molecule has 0 spiro atoms. The highest BCUT2D eigenvalue weighted by Gasteiger charge is 2.24. The molecule has 0 radical (unpaired) electrons. The van der Waals surface area contributed by atoms with E-state index >= 15 is 0 Å². The number of hydrogen-bond donors (Lipinski definition) is 1. The molecule has 4 nitrogen and oxygen atoms in total. The summed E-state index contributed by atoms with van der Waals surface area (Å²) in [4.78, 5) is 10.8. The fraction of sp³-hybridized carbons (Fsp3) is 0.364. The minimum atomic E-state index is -3.58. The highest BCUT2D eigenvalue weighted by atomic mass is 35.5. The first-order chi connectivity index (χ1) is 7.67. The molecule has 0 unspecified atom stereocenters. The van der Waals surface area contributed by atoms with Gasteiger partial charge in [0.2, 0.25) is 0 Å². The van der Waals surface area contributed by atoms with Crippen molar-refractivity contribution in [1.82, 2.24) is 0 Å². The van der Waals surface area contributed by atoms with Crippen molar-refractivity contribution in [3.05, 3.63) is 28.3 Å². The molecular formula is C11H13ClO4S. The summed E-state index contributed by atoms with van der Waals surface area (Å²) in [5, 5.41) is 8.36. The minimum Gasteiger partial charge on any atom is -0.478 e. The van der Waals surface area contributed by atoms with Gasteiger partial charge in [0.25, 0.3) is 0 Å². The molecule has 1 N–H and O–H groups in total. The van der Waals surface area contributed by atoms with Gasteiger partial charge in [-0.25, -0.2) is 13.2 Å². The standard InChI is InChI=1S/C11H13ClO4S/c1-6(2)17(15,16)10-5-8(11(13)14)7(3)4-9(10)12/h4-6H,1-3H3,(H,13,14). The Labute approximate surface area is 105 Å². The molecule has 1 aromatic carbocycles. The van der Waals surface area contributed by atoms with Crippen molar-refractivity contribution in [1.29, 1.82) is 0 Å². The second-order valence-corrected chi connectivity index (χ2v) is 6.88. The first-order valence-electron chi connectivity index (χ1n) is 4.95. The largest absolute Gasteiger partial charge is 0.478 e. The van der Waals surface area contributed by atoms with E-state index in [0.29, 0.717) is 5.56 Å². The second-order valence-electron chi connectivity index (χ2n) is 4.00. The molecular weight excluding hydrogens is 264 g/mol. The molecule has 0 amide bonds. The Morgan fingerprint density at radius 3 is 2.29 bits per heavy atom. The lowest BCUT2D eigenvalue weighted by atomic mass is 10.1. The van der Waals surface area contributed by atoms with Gasteiger partial charge in [-0.2, -0.15) is 0 Å². The molecule has 0 aliphatic rings. The monoisotopic (exact) mass is 276 g/mol. The van der Waals surface area contributed by atoms with Gasteiger partial charge in [-0.05, 0) is 38.5 Å². The summed E-state index contributed by atoms with van der Waals surface area (Å²) in [5.41, 5.74) is 0.388. The van der Waals surface area contributed by atoms with Gasteiger partial charge in [-0.1, -0.05) is 11.6 Å².